The minimum Gasteiger partial charge on any atom is -0.493 e. The Kier molecular flexibility index (Phi) is 5.76. The molecule has 4 aliphatic heterocycles. The number of hydrogen-bond acceptors (Lipinski definition) is 7. The van der Waals surface area contributed by atoms with Gasteiger partial charge in [0.05, 0.1) is 19.8 Å². The molecule has 8 nitrogen and oxygen atoms in total. The fourth-order valence-electron chi connectivity index (χ4n) is 4.99. The molecule has 0 atom stereocenters. The molecule has 1 aromatic heterocycles. The first-order valence-corrected chi connectivity index (χ1v) is 11.2. The van der Waals surface area contributed by atoms with E-state index in [-0.39, 0.29) is 6.61 Å². The van der Waals surface area contributed by atoms with Gasteiger partial charge in [-0.3, -0.25) is 0 Å². The lowest BCUT2D eigenvalue weighted by Gasteiger charge is -2.38. The molecule has 3 fully saturated rings. The maximum Gasteiger partial charge on any atom is 0.344 e. The van der Waals surface area contributed by atoms with Crippen LogP contribution in [0.5, 0.6) is 11.5 Å². The molecule has 0 aliphatic carbocycles. The van der Waals surface area contributed by atoms with Crippen LogP contribution in [0, 0.1) is 5.92 Å². The summed E-state index contributed by atoms with van der Waals surface area (Å²) in [7, 11) is 3.11. The SMILES string of the molecule is C1CN2CCC1CC2.COc1cc2cc3c(c(-c4cnc(=O)[nH]c4)c2cc1OC)C(=O)OC3. The van der Waals surface area contributed by atoms with Crippen LogP contribution in [0.15, 0.2) is 35.4 Å². The van der Waals surface area contributed by atoms with Crippen LogP contribution in [0.2, 0.25) is 0 Å². The summed E-state index contributed by atoms with van der Waals surface area (Å²) < 4.78 is 15.9. The van der Waals surface area contributed by atoms with Crippen LogP contribution in [0.25, 0.3) is 21.9 Å². The van der Waals surface area contributed by atoms with Gasteiger partial charge >= 0.3 is 11.7 Å². The van der Waals surface area contributed by atoms with Gasteiger partial charge in [-0.05, 0) is 73.8 Å². The molecule has 1 N–H and O–H groups in total. The number of piperidine rings is 3. The number of hydrogen-bond donors (Lipinski definition) is 1. The number of nitrogens with one attached hydrogen (secondary N) is 1. The Morgan fingerprint density at radius 2 is 1.70 bits per heavy atom. The van der Waals surface area contributed by atoms with E-state index in [4.69, 9.17) is 14.2 Å². The summed E-state index contributed by atoms with van der Waals surface area (Å²) >= 11 is 0. The lowest BCUT2D eigenvalue weighted by Crippen LogP contribution is -2.41. The highest BCUT2D eigenvalue weighted by Crippen LogP contribution is 2.41. The van der Waals surface area contributed by atoms with Gasteiger partial charge in [-0.15, -0.1) is 0 Å². The predicted molar refractivity (Wildman–Crippen MR) is 124 cm³/mol. The molecule has 4 aliphatic rings. The van der Waals surface area contributed by atoms with Crippen molar-refractivity contribution < 1.29 is 19.0 Å². The lowest BCUT2D eigenvalue weighted by atomic mass is 9.89. The van der Waals surface area contributed by atoms with Gasteiger partial charge in [-0.2, -0.15) is 0 Å². The lowest BCUT2D eigenvalue weighted by molar-refractivity contribution is 0.0535. The number of aromatic amines is 1. The molecular weight excluding hydrogens is 422 g/mol. The molecular formula is C25H27N3O5. The average molecular weight is 450 g/mol. The summed E-state index contributed by atoms with van der Waals surface area (Å²) in [4.78, 5) is 32.5. The summed E-state index contributed by atoms with van der Waals surface area (Å²) in [5.74, 6) is 1.85. The molecule has 2 bridgehead atoms. The van der Waals surface area contributed by atoms with E-state index < -0.39 is 11.7 Å². The number of fused-ring (bicyclic) bond motifs is 5. The van der Waals surface area contributed by atoms with Crippen LogP contribution in [0.1, 0.15) is 35.2 Å². The van der Waals surface area contributed by atoms with Crippen molar-refractivity contribution in [2.24, 2.45) is 5.92 Å². The average Bonchev–Trinajstić information content (AvgIpc) is 3.24. The van der Waals surface area contributed by atoms with Crippen LogP contribution in [-0.2, 0) is 11.3 Å². The van der Waals surface area contributed by atoms with Crippen LogP contribution in [0.4, 0.5) is 0 Å². The number of H-pyrrole nitrogens is 1. The second kappa shape index (κ2) is 8.86. The highest BCUT2D eigenvalue weighted by atomic mass is 16.5. The van der Waals surface area contributed by atoms with E-state index in [9.17, 15) is 9.59 Å². The topological polar surface area (TPSA) is 93.8 Å². The second-order valence-corrected chi connectivity index (χ2v) is 8.67. The molecule has 0 radical (unpaired) electrons. The van der Waals surface area contributed by atoms with Gasteiger partial charge in [0, 0.05) is 29.1 Å². The highest BCUT2D eigenvalue weighted by Gasteiger charge is 2.28. The molecule has 7 rings (SSSR count). The van der Waals surface area contributed by atoms with E-state index in [2.05, 4.69) is 14.9 Å². The fraction of sp³-hybridized carbons (Fsp3) is 0.400. The molecule has 0 amide bonds. The monoisotopic (exact) mass is 449 g/mol. The third kappa shape index (κ3) is 4.06. The van der Waals surface area contributed by atoms with Crippen LogP contribution in [-0.4, -0.2) is 54.7 Å². The van der Waals surface area contributed by atoms with Crippen molar-refractivity contribution in [2.45, 2.75) is 25.9 Å². The van der Waals surface area contributed by atoms with Gasteiger partial charge in [0.25, 0.3) is 0 Å². The summed E-state index contributed by atoms with van der Waals surface area (Å²) in [5, 5.41) is 1.65. The summed E-state index contributed by atoms with van der Waals surface area (Å²) in [6, 6.07) is 5.56. The van der Waals surface area contributed by atoms with Gasteiger partial charge in [0.1, 0.15) is 6.61 Å². The van der Waals surface area contributed by atoms with Crippen molar-refractivity contribution in [1.29, 1.82) is 0 Å². The summed E-state index contributed by atoms with van der Waals surface area (Å²) in [6.45, 7) is 4.39. The fourth-order valence-corrected chi connectivity index (χ4v) is 4.99. The molecule has 0 saturated carbocycles. The quantitative estimate of drug-likeness (QED) is 0.613. The van der Waals surface area contributed by atoms with E-state index in [0.717, 1.165) is 22.3 Å². The van der Waals surface area contributed by atoms with Crippen molar-refractivity contribution >= 4 is 16.7 Å². The maximum absolute atomic E-state index is 12.3. The van der Waals surface area contributed by atoms with E-state index in [0.29, 0.717) is 28.2 Å². The first-order valence-electron chi connectivity index (χ1n) is 11.2. The zero-order valence-corrected chi connectivity index (χ0v) is 18.8. The van der Waals surface area contributed by atoms with E-state index in [1.807, 2.05) is 12.1 Å². The number of rotatable bonds is 3. The van der Waals surface area contributed by atoms with Gasteiger partial charge in [0.15, 0.2) is 11.5 Å². The Morgan fingerprint density at radius 1 is 1.00 bits per heavy atom. The Bertz CT molecular complexity index is 1220. The zero-order valence-electron chi connectivity index (χ0n) is 18.8. The molecule has 3 aromatic rings. The minimum atomic E-state index is -0.456. The van der Waals surface area contributed by atoms with Crippen molar-refractivity contribution in [3.8, 4) is 22.6 Å². The van der Waals surface area contributed by atoms with E-state index in [1.165, 1.54) is 51.3 Å². The van der Waals surface area contributed by atoms with Crippen molar-refractivity contribution in [2.75, 3.05) is 33.9 Å². The number of ether oxygens (including phenoxy) is 3. The Morgan fingerprint density at radius 3 is 2.24 bits per heavy atom. The van der Waals surface area contributed by atoms with Crippen molar-refractivity contribution in [1.82, 2.24) is 14.9 Å². The highest BCUT2D eigenvalue weighted by molar-refractivity contribution is 6.11. The number of methoxy groups -OCH3 is 2. The number of carbonyl (C=O) groups is 1. The number of benzene rings is 2. The van der Waals surface area contributed by atoms with E-state index in [1.54, 1.807) is 20.3 Å². The second-order valence-electron chi connectivity index (χ2n) is 8.67. The largest absolute Gasteiger partial charge is 0.493 e. The normalized spacial score (nSPS) is 20.6. The predicted octanol–water partition coefficient (Wildman–Crippen LogP) is 3.38. The molecule has 2 aromatic carbocycles. The van der Waals surface area contributed by atoms with Crippen molar-refractivity contribution in [3.63, 3.8) is 0 Å². The third-order valence-corrected chi connectivity index (χ3v) is 6.81. The Balaban J connectivity index is 0.000000238. The van der Waals surface area contributed by atoms with E-state index >= 15 is 0 Å². The van der Waals surface area contributed by atoms with Gasteiger partial charge in [0.2, 0.25) is 0 Å². The van der Waals surface area contributed by atoms with Gasteiger partial charge in [-0.1, -0.05) is 0 Å². The molecule has 172 valence electrons. The van der Waals surface area contributed by atoms with Crippen LogP contribution in [0.3, 0.4) is 0 Å². The van der Waals surface area contributed by atoms with Gasteiger partial charge < -0.3 is 24.1 Å². The standard InChI is InChI=1S/C18H14N2O5.C7H13N/c1-23-13-4-9-3-10-8-25-17(21)16(10)15(12(9)5-14(13)24-2)11-6-19-18(22)20-7-11;1-4-8-5-2-7(1)3-6-8/h3-7H,8H2,1-2H3,(H,19,20,22);7H,1-6H2. The van der Waals surface area contributed by atoms with Crippen LogP contribution < -0.4 is 15.2 Å². The molecule has 5 heterocycles. The number of carbonyl (C=O) groups excluding carboxylic acids is 1. The third-order valence-electron chi connectivity index (χ3n) is 6.81. The van der Waals surface area contributed by atoms with Gasteiger partial charge in [-0.25, -0.2) is 14.6 Å². The molecule has 33 heavy (non-hydrogen) atoms. The molecule has 3 saturated heterocycles. The Hall–Kier alpha value is -3.39. The van der Waals surface area contributed by atoms with Crippen LogP contribution >= 0.6 is 0 Å². The number of nitrogens with zero attached hydrogens (tertiary/aromatic N) is 2. The first-order chi connectivity index (χ1) is 16.1. The number of esters is 1. The molecule has 8 heteroatoms. The summed E-state index contributed by atoms with van der Waals surface area (Å²) in [6.07, 6.45) is 7.43. The smallest absolute Gasteiger partial charge is 0.344 e. The summed E-state index contributed by atoms with van der Waals surface area (Å²) in [5.41, 5.74) is 2.08. The minimum absolute atomic E-state index is 0.211. The van der Waals surface area contributed by atoms with Crippen molar-refractivity contribution in [3.05, 3.63) is 52.2 Å². The number of aromatic nitrogens is 2. The first kappa shape index (κ1) is 21.5. The Labute approximate surface area is 191 Å². The molecule has 0 spiro atoms. The molecule has 0 unspecified atom stereocenters. The number of cyclic esters (lactones) is 1. The maximum atomic E-state index is 12.3. The zero-order chi connectivity index (χ0) is 22.9.